The maximum absolute atomic E-state index is 14.3. The summed E-state index contributed by atoms with van der Waals surface area (Å²) in [5.41, 5.74) is 0.527. The molecule has 1 unspecified atom stereocenters. The molecule has 2 aliphatic rings. The van der Waals surface area contributed by atoms with Crippen LogP contribution in [-0.4, -0.2) is 71.4 Å². The molecule has 0 saturated carbocycles. The Kier molecular flexibility index (Phi) is 9.02. The van der Waals surface area contributed by atoms with Gasteiger partial charge in [-0.15, -0.1) is 0 Å². The van der Waals surface area contributed by atoms with Gasteiger partial charge in [0.2, 0.25) is 11.8 Å². The lowest BCUT2D eigenvalue weighted by atomic mass is 10.2. The van der Waals surface area contributed by atoms with Gasteiger partial charge in [-0.25, -0.2) is 9.38 Å². The number of nitrogens with one attached hydrogen (secondary N) is 1. The first-order valence-corrected chi connectivity index (χ1v) is 12.9. The minimum atomic E-state index is -0.679. The number of thioether (sulfide) groups is 1. The van der Waals surface area contributed by atoms with Crippen molar-refractivity contribution < 1.29 is 18.7 Å². The molecule has 2 saturated heterocycles. The van der Waals surface area contributed by atoms with E-state index in [0.29, 0.717) is 35.6 Å². The molecule has 2 aromatic rings. The number of aliphatic imine (C=N–C) groups is 1. The van der Waals surface area contributed by atoms with Crippen LogP contribution in [0.25, 0.3) is 0 Å². The Morgan fingerprint density at radius 2 is 1.91 bits per heavy atom. The molecule has 7 nitrogen and oxygen atoms in total. The molecule has 0 bridgehead atoms. The number of carbonyl (C=O) groups is 2. The number of carbonyl (C=O) groups excluding carboxylic acids is 2. The van der Waals surface area contributed by atoms with Gasteiger partial charge in [-0.1, -0.05) is 53.2 Å². The molecule has 1 N–H and O–H groups in total. The van der Waals surface area contributed by atoms with Gasteiger partial charge >= 0.3 is 0 Å². The highest BCUT2D eigenvalue weighted by molar-refractivity contribution is 8.15. The second-order valence-electron chi connectivity index (χ2n) is 8.10. The third-order valence-electron chi connectivity index (χ3n) is 5.64. The third-order valence-corrected chi connectivity index (χ3v) is 7.64. The van der Waals surface area contributed by atoms with Crippen LogP contribution in [0.4, 0.5) is 15.8 Å². The quantitative estimate of drug-likeness (QED) is 0.521. The van der Waals surface area contributed by atoms with E-state index < -0.39 is 11.1 Å². The summed E-state index contributed by atoms with van der Waals surface area (Å²) in [6, 6.07) is 11.1. The van der Waals surface area contributed by atoms with Crippen LogP contribution >= 0.6 is 35.0 Å². The Morgan fingerprint density at radius 1 is 1.14 bits per heavy atom. The molecular weight excluding hydrogens is 514 g/mol. The van der Waals surface area contributed by atoms with Crippen molar-refractivity contribution in [3.8, 4) is 0 Å². The van der Waals surface area contributed by atoms with Gasteiger partial charge in [-0.05, 0) is 30.7 Å². The third kappa shape index (κ3) is 6.74. The van der Waals surface area contributed by atoms with Crippen LogP contribution < -0.4 is 5.32 Å². The molecule has 0 aliphatic carbocycles. The molecule has 2 aromatic carbocycles. The average molecular weight is 539 g/mol. The topological polar surface area (TPSA) is 74.2 Å². The molecule has 1 atom stereocenters. The maximum atomic E-state index is 14.3. The van der Waals surface area contributed by atoms with E-state index in [9.17, 15) is 14.0 Å². The van der Waals surface area contributed by atoms with Gasteiger partial charge in [0, 0.05) is 32.6 Å². The first-order valence-electron chi connectivity index (χ1n) is 11.3. The molecule has 2 fully saturated rings. The summed E-state index contributed by atoms with van der Waals surface area (Å²) in [5.74, 6) is -1.07. The summed E-state index contributed by atoms with van der Waals surface area (Å²) < 4.78 is 19.6. The minimum absolute atomic E-state index is 0.0808. The number of nitrogens with zero attached hydrogens (tertiary/aromatic N) is 3. The van der Waals surface area contributed by atoms with Crippen molar-refractivity contribution in [3.63, 3.8) is 0 Å². The standard InChI is InChI=1S/C24H25Cl2FN4O3S/c25-16-5-3-8-19(22(16)26)28-21(32)15-20-23(33)31(10-4-9-30-11-13-34-14-12-30)24(35-20)29-18-7-2-1-6-17(18)27/h1-3,5-8,20H,4,9-15H2,(H,28,32). The van der Waals surface area contributed by atoms with E-state index in [2.05, 4.69) is 15.2 Å². The van der Waals surface area contributed by atoms with Crippen LogP contribution in [0.5, 0.6) is 0 Å². The van der Waals surface area contributed by atoms with Gasteiger partial charge in [0.1, 0.15) is 16.8 Å². The van der Waals surface area contributed by atoms with Crippen LogP contribution in [0.3, 0.4) is 0 Å². The smallest absolute Gasteiger partial charge is 0.242 e. The molecule has 2 amide bonds. The molecule has 186 valence electrons. The fourth-order valence-electron chi connectivity index (χ4n) is 3.82. The lowest BCUT2D eigenvalue weighted by Gasteiger charge is -2.27. The number of hydrogen-bond donors (Lipinski definition) is 1. The largest absolute Gasteiger partial charge is 0.379 e. The molecular formula is C24H25Cl2FN4O3S. The number of para-hydroxylation sites is 1. The zero-order chi connectivity index (χ0) is 24.8. The molecule has 2 heterocycles. The Balaban J connectivity index is 1.46. The van der Waals surface area contributed by atoms with Crippen molar-refractivity contribution in [3.05, 3.63) is 58.3 Å². The Labute approximate surface area is 217 Å². The van der Waals surface area contributed by atoms with E-state index >= 15 is 0 Å². The number of amides is 2. The van der Waals surface area contributed by atoms with Gasteiger partial charge in [0.15, 0.2) is 5.17 Å². The van der Waals surface area contributed by atoms with Gasteiger partial charge < -0.3 is 10.1 Å². The Morgan fingerprint density at radius 3 is 2.69 bits per heavy atom. The van der Waals surface area contributed by atoms with E-state index in [1.54, 1.807) is 41.3 Å². The number of benzene rings is 2. The predicted molar refractivity (Wildman–Crippen MR) is 138 cm³/mol. The number of amidine groups is 1. The highest BCUT2D eigenvalue weighted by Gasteiger charge is 2.39. The van der Waals surface area contributed by atoms with E-state index in [1.165, 1.54) is 17.8 Å². The lowest BCUT2D eigenvalue weighted by Crippen LogP contribution is -2.39. The lowest BCUT2D eigenvalue weighted by molar-refractivity contribution is -0.128. The molecule has 0 spiro atoms. The van der Waals surface area contributed by atoms with Crippen LogP contribution in [0.2, 0.25) is 10.0 Å². The second kappa shape index (κ2) is 12.2. The SMILES string of the molecule is O=C(CC1SC(=Nc2ccccc2F)N(CCCN2CCOCC2)C1=O)Nc1cccc(Cl)c1Cl. The number of halogens is 3. The van der Waals surface area contributed by atoms with E-state index in [-0.39, 0.29) is 28.9 Å². The molecule has 0 radical (unpaired) electrons. The molecule has 4 rings (SSSR count). The first-order chi connectivity index (χ1) is 16.9. The van der Waals surface area contributed by atoms with Crippen molar-refractivity contribution in [2.75, 3.05) is 44.7 Å². The fraction of sp³-hybridized carbons (Fsp3) is 0.375. The highest BCUT2D eigenvalue weighted by Crippen LogP contribution is 2.34. The second-order valence-corrected chi connectivity index (χ2v) is 10.1. The summed E-state index contributed by atoms with van der Waals surface area (Å²) in [5, 5.41) is 2.98. The van der Waals surface area contributed by atoms with Crippen molar-refractivity contribution in [2.24, 2.45) is 4.99 Å². The molecule has 11 heteroatoms. The van der Waals surface area contributed by atoms with Gasteiger partial charge in [0.05, 0.1) is 28.9 Å². The zero-order valence-electron chi connectivity index (χ0n) is 18.9. The van der Waals surface area contributed by atoms with Crippen LogP contribution in [-0.2, 0) is 14.3 Å². The summed E-state index contributed by atoms with van der Waals surface area (Å²) in [4.78, 5) is 34.2. The number of ether oxygens (including phenoxy) is 1. The summed E-state index contributed by atoms with van der Waals surface area (Å²) in [6.07, 6.45) is 0.641. The van der Waals surface area contributed by atoms with E-state index in [4.69, 9.17) is 27.9 Å². The van der Waals surface area contributed by atoms with Crippen molar-refractivity contribution in [1.82, 2.24) is 9.80 Å². The monoisotopic (exact) mass is 538 g/mol. The number of hydrogen-bond acceptors (Lipinski definition) is 6. The Hall–Kier alpha value is -2.17. The van der Waals surface area contributed by atoms with Crippen molar-refractivity contribution in [2.45, 2.75) is 18.1 Å². The van der Waals surface area contributed by atoms with Gasteiger partial charge in [-0.3, -0.25) is 19.4 Å². The van der Waals surface area contributed by atoms with Crippen molar-refractivity contribution >= 4 is 63.3 Å². The number of rotatable bonds is 8. The van der Waals surface area contributed by atoms with Gasteiger partial charge in [-0.2, -0.15) is 0 Å². The fourth-order valence-corrected chi connectivity index (χ4v) is 5.35. The first kappa shape index (κ1) is 25.9. The van der Waals surface area contributed by atoms with Crippen LogP contribution in [0.15, 0.2) is 47.5 Å². The molecule has 2 aliphatic heterocycles. The summed E-state index contributed by atoms with van der Waals surface area (Å²) in [7, 11) is 0. The molecule has 0 aromatic heterocycles. The van der Waals surface area contributed by atoms with E-state index in [0.717, 1.165) is 26.1 Å². The number of morpholine rings is 1. The summed E-state index contributed by atoms with van der Waals surface area (Å²) in [6.45, 7) is 4.35. The summed E-state index contributed by atoms with van der Waals surface area (Å²) >= 11 is 13.3. The van der Waals surface area contributed by atoms with Gasteiger partial charge in [0.25, 0.3) is 0 Å². The maximum Gasteiger partial charge on any atom is 0.242 e. The normalized spacial score (nSPS) is 20.0. The average Bonchev–Trinajstić information content (AvgIpc) is 3.13. The van der Waals surface area contributed by atoms with Crippen LogP contribution in [0, 0.1) is 5.82 Å². The predicted octanol–water partition coefficient (Wildman–Crippen LogP) is 4.82. The molecule has 35 heavy (non-hydrogen) atoms. The van der Waals surface area contributed by atoms with E-state index in [1.807, 2.05) is 0 Å². The minimum Gasteiger partial charge on any atom is -0.379 e. The van der Waals surface area contributed by atoms with Crippen molar-refractivity contribution in [1.29, 1.82) is 0 Å². The zero-order valence-corrected chi connectivity index (χ0v) is 21.2. The van der Waals surface area contributed by atoms with Crippen LogP contribution in [0.1, 0.15) is 12.8 Å². The number of anilines is 1. The Bertz CT molecular complexity index is 1110. The highest BCUT2D eigenvalue weighted by atomic mass is 35.5.